The maximum absolute atomic E-state index is 12.5. The molecular weight excluding hydrogens is 482 g/mol. The van der Waals surface area contributed by atoms with Crippen LogP contribution in [-0.2, 0) is 10.0 Å². The Labute approximate surface area is 188 Å². The average molecular weight is 500 g/mol. The Morgan fingerprint density at radius 1 is 0.935 bits per heavy atom. The van der Waals surface area contributed by atoms with Crippen LogP contribution in [0.2, 0.25) is 0 Å². The van der Waals surface area contributed by atoms with E-state index in [0.29, 0.717) is 23.1 Å². The highest BCUT2D eigenvalue weighted by atomic mass is 79.9. The van der Waals surface area contributed by atoms with Crippen LogP contribution in [-0.4, -0.2) is 28.2 Å². The number of rotatable bonds is 6. The van der Waals surface area contributed by atoms with E-state index in [9.17, 15) is 8.42 Å². The number of imidazole rings is 1. The summed E-state index contributed by atoms with van der Waals surface area (Å²) in [6, 6.07) is 16.4. The first-order valence-corrected chi connectivity index (χ1v) is 11.5. The standard InChI is InChI=1S/C21H18BrN5O3S/c1-14-15(2)27(13-23-14)20-11-12-21(25-24-20)30-18-7-5-17(6-8-18)26-31(28,29)19-9-3-16(22)4-10-19/h3-13,26H,1-2H3. The van der Waals surface area contributed by atoms with Gasteiger partial charge in [-0.15, -0.1) is 10.2 Å². The molecule has 31 heavy (non-hydrogen) atoms. The summed E-state index contributed by atoms with van der Waals surface area (Å²) in [5, 5.41) is 8.27. The van der Waals surface area contributed by atoms with Gasteiger partial charge in [0.1, 0.15) is 12.1 Å². The number of benzene rings is 2. The first-order chi connectivity index (χ1) is 14.8. The molecule has 0 aliphatic heterocycles. The van der Waals surface area contributed by atoms with Crippen LogP contribution < -0.4 is 9.46 Å². The van der Waals surface area contributed by atoms with E-state index < -0.39 is 10.0 Å². The molecule has 0 saturated heterocycles. The molecule has 2 heterocycles. The molecule has 1 N–H and O–H groups in total. The van der Waals surface area contributed by atoms with Crippen LogP contribution in [0, 0.1) is 13.8 Å². The van der Waals surface area contributed by atoms with Gasteiger partial charge in [0.2, 0.25) is 5.88 Å². The van der Waals surface area contributed by atoms with E-state index in [4.69, 9.17) is 4.74 Å². The smallest absolute Gasteiger partial charge is 0.261 e. The third kappa shape index (κ3) is 4.75. The predicted octanol–water partition coefficient (Wildman–Crippen LogP) is 4.63. The summed E-state index contributed by atoms with van der Waals surface area (Å²) in [5.74, 6) is 1.47. The summed E-state index contributed by atoms with van der Waals surface area (Å²) in [7, 11) is -3.68. The van der Waals surface area contributed by atoms with Crippen molar-refractivity contribution < 1.29 is 13.2 Å². The first kappa shape index (κ1) is 21.0. The van der Waals surface area contributed by atoms with Crippen molar-refractivity contribution in [2.24, 2.45) is 0 Å². The molecule has 0 radical (unpaired) electrons. The Morgan fingerprint density at radius 3 is 2.23 bits per heavy atom. The minimum absolute atomic E-state index is 0.176. The maximum atomic E-state index is 12.5. The number of nitrogens with one attached hydrogen (secondary N) is 1. The van der Waals surface area contributed by atoms with Gasteiger partial charge < -0.3 is 4.74 Å². The Morgan fingerprint density at radius 2 is 1.65 bits per heavy atom. The molecule has 0 bridgehead atoms. The topological polar surface area (TPSA) is 99.0 Å². The fraction of sp³-hybridized carbons (Fsp3) is 0.0952. The highest BCUT2D eigenvalue weighted by molar-refractivity contribution is 9.10. The van der Waals surface area contributed by atoms with E-state index in [1.54, 1.807) is 54.9 Å². The number of ether oxygens (including phenoxy) is 1. The van der Waals surface area contributed by atoms with Gasteiger partial charge in [-0.25, -0.2) is 13.4 Å². The molecule has 4 rings (SSSR count). The minimum Gasteiger partial charge on any atom is -0.438 e. The van der Waals surface area contributed by atoms with Crippen molar-refractivity contribution in [3.05, 3.63) is 82.9 Å². The van der Waals surface area contributed by atoms with Crippen LogP contribution in [0.5, 0.6) is 11.6 Å². The van der Waals surface area contributed by atoms with Crippen LogP contribution in [0.15, 0.2) is 76.4 Å². The van der Waals surface area contributed by atoms with Crippen molar-refractivity contribution in [2.45, 2.75) is 18.7 Å². The first-order valence-electron chi connectivity index (χ1n) is 9.23. The molecule has 2 aromatic carbocycles. The molecule has 0 atom stereocenters. The molecule has 0 unspecified atom stereocenters. The zero-order chi connectivity index (χ0) is 22.0. The fourth-order valence-corrected chi connectivity index (χ4v) is 4.09. The predicted molar refractivity (Wildman–Crippen MR) is 120 cm³/mol. The Hall–Kier alpha value is -3.24. The number of halogens is 1. The van der Waals surface area contributed by atoms with Gasteiger partial charge in [0.05, 0.1) is 10.6 Å². The lowest BCUT2D eigenvalue weighted by atomic mass is 10.3. The van der Waals surface area contributed by atoms with Gasteiger partial charge in [0.15, 0.2) is 5.82 Å². The van der Waals surface area contributed by atoms with E-state index in [1.165, 1.54) is 12.1 Å². The SMILES string of the molecule is Cc1ncn(-c2ccc(Oc3ccc(NS(=O)(=O)c4ccc(Br)cc4)cc3)nn2)c1C. The number of hydrogen-bond acceptors (Lipinski definition) is 6. The summed E-state index contributed by atoms with van der Waals surface area (Å²) in [6.45, 7) is 3.89. The molecule has 0 amide bonds. The molecule has 2 aromatic heterocycles. The lowest BCUT2D eigenvalue weighted by molar-refractivity contribution is 0.454. The van der Waals surface area contributed by atoms with Crippen LogP contribution in [0.25, 0.3) is 5.82 Å². The average Bonchev–Trinajstić information content (AvgIpc) is 3.09. The monoisotopic (exact) mass is 499 g/mol. The van der Waals surface area contributed by atoms with Crippen LogP contribution >= 0.6 is 15.9 Å². The molecule has 0 saturated carbocycles. The number of sulfonamides is 1. The lowest BCUT2D eigenvalue weighted by Crippen LogP contribution is -2.12. The Kier molecular flexibility index (Phi) is 5.75. The van der Waals surface area contributed by atoms with Gasteiger partial charge in [-0.1, -0.05) is 15.9 Å². The van der Waals surface area contributed by atoms with Gasteiger partial charge in [0.25, 0.3) is 10.0 Å². The summed E-state index contributed by atoms with van der Waals surface area (Å²) in [6.07, 6.45) is 1.70. The zero-order valence-electron chi connectivity index (χ0n) is 16.7. The fourth-order valence-electron chi connectivity index (χ4n) is 2.77. The van der Waals surface area contributed by atoms with Crippen LogP contribution in [0.3, 0.4) is 0 Å². The van der Waals surface area contributed by atoms with Crippen molar-refractivity contribution in [2.75, 3.05) is 4.72 Å². The number of aromatic nitrogens is 4. The molecule has 0 aliphatic carbocycles. The minimum atomic E-state index is -3.68. The molecule has 0 aliphatic rings. The molecule has 0 fully saturated rings. The Bertz CT molecular complexity index is 1300. The summed E-state index contributed by atoms with van der Waals surface area (Å²) >= 11 is 3.29. The lowest BCUT2D eigenvalue weighted by Gasteiger charge is -2.10. The number of anilines is 1. The maximum Gasteiger partial charge on any atom is 0.261 e. The third-order valence-electron chi connectivity index (χ3n) is 4.58. The number of aryl methyl sites for hydroxylation is 1. The summed E-state index contributed by atoms with van der Waals surface area (Å²) in [5.41, 5.74) is 2.34. The normalized spacial score (nSPS) is 11.3. The third-order valence-corrected chi connectivity index (χ3v) is 6.50. The molecule has 158 valence electrons. The molecule has 4 aromatic rings. The van der Waals surface area contributed by atoms with Crippen molar-refractivity contribution >= 4 is 31.6 Å². The van der Waals surface area contributed by atoms with Crippen molar-refractivity contribution in [3.8, 4) is 17.4 Å². The molecule has 0 spiro atoms. The van der Waals surface area contributed by atoms with Gasteiger partial charge >= 0.3 is 0 Å². The van der Waals surface area contributed by atoms with E-state index >= 15 is 0 Å². The van der Waals surface area contributed by atoms with E-state index in [2.05, 4.69) is 35.8 Å². The van der Waals surface area contributed by atoms with Gasteiger partial charge in [-0.3, -0.25) is 9.29 Å². The van der Waals surface area contributed by atoms with E-state index in [0.717, 1.165) is 15.9 Å². The zero-order valence-corrected chi connectivity index (χ0v) is 19.1. The summed E-state index contributed by atoms with van der Waals surface area (Å²) in [4.78, 5) is 4.43. The molecular formula is C21H18BrN5O3S. The van der Waals surface area contributed by atoms with Crippen LogP contribution in [0.1, 0.15) is 11.4 Å². The highest BCUT2D eigenvalue weighted by Gasteiger charge is 2.14. The largest absolute Gasteiger partial charge is 0.438 e. The summed E-state index contributed by atoms with van der Waals surface area (Å²) < 4.78 is 35.9. The van der Waals surface area contributed by atoms with Gasteiger partial charge in [0, 0.05) is 21.9 Å². The van der Waals surface area contributed by atoms with Gasteiger partial charge in [-0.2, -0.15) is 0 Å². The van der Waals surface area contributed by atoms with Crippen LogP contribution in [0.4, 0.5) is 5.69 Å². The van der Waals surface area contributed by atoms with Crippen molar-refractivity contribution in [3.63, 3.8) is 0 Å². The van der Waals surface area contributed by atoms with E-state index in [-0.39, 0.29) is 4.90 Å². The van der Waals surface area contributed by atoms with Crippen molar-refractivity contribution in [1.29, 1.82) is 0 Å². The molecule has 8 nitrogen and oxygen atoms in total. The van der Waals surface area contributed by atoms with E-state index in [1.807, 2.05) is 18.4 Å². The second kappa shape index (κ2) is 8.48. The quantitative estimate of drug-likeness (QED) is 0.415. The highest BCUT2D eigenvalue weighted by Crippen LogP contribution is 2.24. The second-order valence-electron chi connectivity index (χ2n) is 6.70. The number of hydrogen-bond donors (Lipinski definition) is 1. The molecule has 10 heteroatoms. The van der Waals surface area contributed by atoms with Gasteiger partial charge in [-0.05, 0) is 68.4 Å². The second-order valence-corrected chi connectivity index (χ2v) is 9.30. The number of nitrogens with zero attached hydrogens (tertiary/aromatic N) is 4. The Balaban J connectivity index is 1.44. The van der Waals surface area contributed by atoms with Crippen molar-refractivity contribution in [1.82, 2.24) is 19.7 Å².